The molecule has 90 valence electrons. The lowest BCUT2D eigenvalue weighted by atomic mass is 10.3. The van der Waals surface area contributed by atoms with Crippen molar-refractivity contribution >= 4 is 17.7 Å². The topological polar surface area (TPSA) is 29.5 Å². The number of hydrogen-bond donors (Lipinski definition) is 0. The first-order valence-electron chi connectivity index (χ1n) is 5.61. The third-order valence-electron chi connectivity index (χ3n) is 2.09. The Morgan fingerprint density at radius 2 is 2.07 bits per heavy atom. The van der Waals surface area contributed by atoms with E-state index in [-0.39, 0.29) is 5.97 Å². The van der Waals surface area contributed by atoms with E-state index in [1.54, 1.807) is 0 Å². The molecule has 0 amide bonds. The maximum atomic E-state index is 11.1. The predicted octanol–water partition coefficient (Wildman–Crippen LogP) is 2.01. The first-order chi connectivity index (χ1) is 7.24. The Morgan fingerprint density at radius 1 is 1.33 bits per heavy atom. The molecule has 0 saturated carbocycles. The van der Waals surface area contributed by atoms with Crippen LogP contribution in [0.1, 0.15) is 26.7 Å². The van der Waals surface area contributed by atoms with Gasteiger partial charge in [0, 0.05) is 0 Å². The molecular formula is C11H23NO2S. The first kappa shape index (κ1) is 14.8. The molecule has 0 aromatic carbocycles. The van der Waals surface area contributed by atoms with Crippen molar-refractivity contribution in [2.75, 3.05) is 38.2 Å². The number of rotatable bonds is 9. The van der Waals surface area contributed by atoms with Gasteiger partial charge in [-0.2, -0.15) is 11.8 Å². The fourth-order valence-electron chi connectivity index (χ4n) is 1.37. The zero-order valence-corrected chi connectivity index (χ0v) is 10.9. The minimum Gasteiger partial charge on any atom is -0.468 e. The predicted molar refractivity (Wildman–Crippen MR) is 66.4 cm³/mol. The standard InChI is InChI=1S/C11H23NO2S/c1-4-7-12(10-11(13)14-3)8-6-9-15-5-2/h4-10H2,1-3H3. The molecule has 0 aliphatic carbocycles. The van der Waals surface area contributed by atoms with E-state index >= 15 is 0 Å². The molecule has 0 rings (SSSR count). The summed E-state index contributed by atoms with van der Waals surface area (Å²) in [5.41, 5.74) is 0. The molecule has 0 unspecified atom stereocenters. The second-order valence-corrected chi connectivity index (χ2v) is 4.80. The molecule has 0 N–H and O–H groups in total. The summed E-state index contributed by atoms with van der Waals surface area (Å²) >= 11 is 1.95. The number of nitrogens with zero attached hydrogens (tertiary/aromatic N) is 1. The molecule has 15 heavy (non-hydrogen) atoms. The van der Waals surface area contributed by atoms with Crippen molar-refractivity contribution in [1.29, 1.82) is 0 Å². The van der Waals surface area contributed by atoms with Crippen molar-refractivity contribution in [3.63, 3.8) is 0 Å². The summed E-state index contributed by atoms with van der Waals surface area (Å²) in [6.07, 6.45) is 2.23. The van der Waals surface area contributed by atoms with Gasteiger partial charge in [0.25, 0.3) is 0 Å². The van der Waals surface area contributed by atoms with Crippen LogP contribution in [-0.4, -0.2) is 49.1 Å². The van der Waals surface area contributed by atoms with Crippen LogP contribution < -0.4 is 0 Å². The summed E-state index contributed by atoms with van der Waals surface area (Å²) in [6, 6.07) is 0. The fourth-order valence-corrected chi connectivity index (χ4v) is 1.99. The molecule has 0 aliphatic rings. The van der Waals surface area contributed by atoms with Gasteiger partial charge in [-0.3, -0.25) is 9.69 Å². The van der Waals surface area contributed by atoms with Crippen molar-refractivity contribution < 1.29 is 9.53 Å². The molecule has 0 aromatic heterocycles. The maximum absolute atomic E-state index is 11.1. The van der Waals surface area contributed by atoms with Crippen LogP contribution in [0.25, 0.3) is 0 Å². The van der Waals surface area contributed by atoms with Gasteiger partial charge >= 0.3 is 5.97 Å². The molecule has 3 nitrogen and oxygen atoms in total. The molecule has 0 saturated heterocycles. The first-order valence-corrected chi connectivity index (χ1v) is 6.76. The minimum atomic E-state index is -0.133. The summed E-state index contributed by atoms with van der Waals surface area (Å²) in [7, 11) is 1.44. The van der Waals surface area contributed by atoms with E-state index in [9.17, 15) is 4.79 Å². The second kappa shape index (κ2) is 10.3. The minimum absolute atomic E-state index is 0.133. The summed E-state index contributed by atoms with van der Waals surface area (Å²) in [5.74, 6) is 2.22. The molecule has 0 radical (unpaired) electrons. The van der Waals surface area contributed by atoms with E-state index in [4.69, 9.17) is 0 Å². The average Bonchev–Trinajstić information content (AvgIpc) is 2.24. The molecular weight excluding hydrogens is 210 g/mol. The van der Waals surface area contributed by atoms with Crippen LogP contribution in [-0.2, 0) is 9.53 Å². The van der Waals surface area contributed by atoms with Gasteiger partial charge in [0.15, 0.2) is 0 Å². The van der Waals surface area contributed by atoms with Crippen molar-refractivity contribution in [1.82, 2.24) is 4.90 Å². The SMILES string of the molecule is CCCN(CCCSCC)CC(=O)OC. The van der Waals surface area contributed by atoms with Crippen LogP contribution in [0.3, 0.4) is 0 Å². The molecule has 0 spiro atoms. The number of ether oxygens (including phenoxy) is 1. The molecule has 0 aromatic rings. The van der Waals surface area contributed by atoms with Crippen molar-refractivity contribution in [2.45, 2.75) is 26.7 Å². The Kier molecular flexibility index (Phi) is 10.2. The number of esters is 1. The molecule has 0 bridgehead atoms. The van der Waals surface area contributed by atoms with Crippen molar-refractivity contribution in [2.24, 2.45) is 0 Å². The van der Waals surface area contributed by atoms with Gasteiger partial charge in [0.05, 0.1) is 13.7 Å². The van der Waals surface area contributed by atoms with Crippen LogP contribution in [0.5, 0.6) is 0 Å². The lowest BCUT2D eigenvalue weighted by molar-refractivity contribution is -0.141. The third-order valence-corrected chi connectivity index (χ3v) is 3.07. The smallest absolute Gasteiger partial charge is 0.319 e. The maximum Gasteiger partial charge on any atom is 0.319 e. The van der Waals surface area contributed by atoms with Gasteiger partial charge in [-0.1, -0.05) is 13.8 Å². The highest BCUT2D eigenvalue weighted by Gasteiger charge is 2.09. The molecule has 0 atom stereocenters. The number of thioether (sulfide) groups is 1. The summed E-state index contributed by atoms with van der Waals surface area (Å²) in [5, 5.41) is 0. The Balaban J connectivity index is 3.67. The Labute approximate surface area is 97.5 Å². The third kappa shape index (κ3) is 8.75. The largest absolute Gasteiger partial charge is 0.468 e. The highest BCUT2D eigenvalue weighted by Crippen LogP contribution is 2.03. The van der Waals surface area contributed by atoms with E-state index in [0.29, 0.717) is 6.54 Å². The summed E-state index contributed by atoms with van der Waals surface area (Å²) in [6.45, 7) is 6.71. The second-order valence-electron chi connectivity index (χ2n) is 3.40. The highest BCUT2D eigenvalue weighted by atomic mass is 32.2. The van der Waals surface area contributed by atoms with Gasteiger partial charge in [0.1, 0.15) is 0 Å². The van der Waals surface area contributed by atoms with Gasteiger partial charge in [-0.25, -0.2) is 0 Å². The Bertz CT molecular complexity index is 165. The number of carbonyl (C=O) groups excluding carboxylic acids is 1. The Hall–Kier alpha value is -0.220. The van der Waals surface area contributed by atoms with E-state index in [1.807, 2.05) is 11.8 Å². The van der Waals surface area contributed by atoms with E-state index in [1.165, 1.54) is 18.6 Å². The monoisotopic (exact) mass is 233 g/mol. The molecule has 0 heterocycles. The number of carbonyl (C=O) groups is 1. The molecule has 4 heteroatoms. The Morgan fingerprint density at radius 3 is 2.60 bits per heavy atom. The molecule has 0 aliphatic heterocycles. The molecule has 0 fully saturated rings. The normalized spacial score (nSPS) is 10.7. The average molecular weight is 233 g/mol. The van der Waals surface area contributed by atoms with Crippen LogP contribution >= 0.6 is 11.8 Å². The van der Waals surface area contributed by atoms with E-state index in [0.717, 1.165) is 25.9 Å². The summed E-state index contributed by atoms with van der Waals surface area (Å²) in [4.78, 5) is 13.3. The van der Waals surface area contributed by atoms with Crippen molar-refractivity contribution in [3.8, 4) is 0 Å². The van der Waals surface area contributed by atoms with Gasteiger partial charge in [0.2, 0.25) is 0 Å². The van der Waals surface area contributed by atoms with Gasteiger partial charge in [-0.05, 0) is 37.4 Å². The number of hydrogen-bond acceptors (Lipinski definition) is 4. The van der Waals surface area contributed by atoms with E-state index in [2.05, 4.69) is 23.5 Å². The highest BCUT2D eigenvalue weighted by molar-refractivity contribution is 7.99. The van der Waals surface area contributed by atoms with Crippen LogP contribution in [0.4, 0.5) is 0 Å². The van der Waals surface area contributed by atoms with Crippen LogP contribution in [0.2, 0.25) is 0 Å². The van der Waals surface area contributed by atoms with Crippen molar-refractivity contribution in [3.05, 3.63) is 0 Å². The van der Waals surface area contributed by atoms with Crippen LogP contribution in [0.15, 0.2) is 0 Å². The van der Waals surface area contributed by atoms with E-state index < -0.39 is 0 Å². The fraction of sp³-hybridized carbons (Fsp3) is 0.909. The summed E-state index contributed by atoms with van der Waals surface area (Å²) < 4.78 is 4.67. The zero-order valence-electron chi connectivity index (χ0n) is 10.1. The van der Waals surface area contributed by atoms with Gasteiger partial charge in [-0.15, -0.1) is 0 Å². The van der Waals surface area contributed by atoms with Gasteiger partial charge < -0.3 is 4.74 Å². The van der Waals surface area contributed by atoms with Crippen LogP contribution in [0, 0.1) is 0 Å². The number of methoxy groups -OCH3 is 1. The zero-order chi connectivity index (χ0) is 11.5. The lowest BCUT2D eigenvalue weighted by Gasteiger charge is -2.19. The lowest BCUT2D eigenvalue weighted by Crippen LogP contribution is -2.32. The quantitative estimate of drug-likeness (QED) is 0.450.